The summed E-state index contributed by atoms with van der Waals surface area (Å²) in [4.78, 5) is 16.1. The van der Waals surface area contributed by atoms with Gasteiger partial charge in [-0.2, -0.15) is 5.10 Å². The summed E-state index contributed by atoms with van der Waals surface area (Å²) in [5.41, 5.74) is 9.41. The lowest BCUT2D eigenvalue weighted by molar-refractivity contribution is 0.194. The number of nitrogens with one attached hydrogen (secondary N) is 1. The van der Waals surface area contributed by atoms with E-state index in [-0.39, 0.29) is 12.1 Å². The fraction of sp³-hybridized carbons (Fsp3) is 0.235. The number of para-hydroxylation sites is 1. The van der Waals surface area contributed by atoms with Crippen LogP contribution in [0.4, 0.5) is 10.5 Å². The Balaban J connectivity index is 1.51. The average Bonchev–Trinajstić information content (AvgIpc) is 3.51. The van der Waals surface area contributed by atoms with Crippen molar-refractivity contribution in [1.29, 1.82) is 0 Å². The molecule has 0 unspecified atom stereocenters. The van der Waals surface area contributed by atoms with E-state index >= 15 is 0 Å². The third-order valence-corrected chi connectivity index (χ3v) is 8.02. The normalized spacial score (nSPS) is 14.6. The largest absolute Gasteiger partial charge is 0.322 e. The number of benzene rings is 3. The van der Waals surface area contributed by atoms with Crippen LogP contribution in [-0.2, 0) is 6.54 Å². The Labute approximate surface area is 235 Å². The molecule has 3 heterocycles. The van der Waals surface area contributed by atoms with E-state index in [1.807, 2.05) is 52.9 Å². The van der Waals surface area contributed by atoms with E-state index in [1.54, 1.807) is 0 Å². The second-order valence-electron chi connectivity index (χ2n) is 11.0. The van der Waals surface area contributed by atoms with Gasteiger partial charge in [-0.3, -0.25) is 0 Å². The smallest absolute Gasteiger partial charge is 0.308 e. The molecule has 40 heavy (non-hydrogen) atoms. The number of aromatic nitrogens is 3. The van der Waals surface area contributed by atoms with Crippen LogP contribution in [0.1, 0.15) is 65.0 Å². The summed E-state index contributed by atoms with van der Waals surface area (Å²) in [6.07, 6.45) is 2.08. The molecule has 3 aromatic carbocycles. The predicted molar refractivity (Wildman–Crippen MR) is 160 cm³/mol. The number of fused-ring (bicyclic) bond motifs is 3. The van der Waals surface area contributed by atoms with Crippen LogP contribution in [0.25, 0.3) is 11.5 Å². The molecular formula is C34H35N5O. The molecule has 1 atom stereocenters. The minimum absolute atomic E-state index is 0.145. The molecular weight excluding hydrogens is 494 g/mol. The summed E-state index contributed by atoms with van der Waals surface area (Å²) in [5, 5.41) is 8.15. The fourth-order valence-corrected chi connectivity index (χ4v) is 5.58. The molecule has 0 aliphatic carbocycles. The molecule has 0 saturated heterocycles. The zero-order valence-corrected chi connectivity index (χ0v) is 23.7. The highest BCUT2D eigenvalue weighted by Gasteiger charge is 2.36. The Morgan fingerprint density at radius 2 is 1.65 bits per heavy atom. The number of hydrogen-bond acceptors (Lipinski definition) is 2. The molecule has 1 aliphatic rings. The Hall–Kier alpha value is -4.58. The standard InChI is InChI=1S/C34H35N5O/c1-22(2)26-14-16-27(17-15-26)32-31-12-9-19-37(31)33-30(25(5)36-39(33)29-10-7-6-8-11-29)21-38(32)34(40)35-28-18-13-23(3)24(4)20-28/h6-20,22,32H,21H2,1-5H3,(H,35,40)/t32-/m1/s1. The van der Waals surface area contributed by atoms with Crippen LogP contribution >= 0.6 is 0 Å². The second kappa shape index (κ2) is 10.2. The maximum Gasteiger partial charge on any atom is 0.322 e. The number of carbonyl (C=O) groups excluding carboxylic acids is 1. The monoisotopic (exact) mass is 529 g/mol. The van der Waals surface area contributed by atoms with Crippen molar-refractivity contribution in [2.45, 2.75) is 53.1 Å². The maximum absolute atomic E-state index is 14.2. The summed E-state index contributed by atoms with van der Waals surface area (Å²) in [6.45, 7) is 11.0. The molecule has 6 nitrogen and oxygen atoms in total. The van der Waals surface area contributed by atoms with Crippen molar-refractivity contribution >= 4 is 11.7 Å². The van der Waals surface area contributed by atoms with Crippen LogP contribution in [-0.4, -0.2) is 25.3 Å². The number of anilines is 1. The predicted octanol–water partition coefficient (Wildman–Crippen LogP) is 7.85. The molecule has 2 amide bonds. The van der Waals surface area contributed by atoms with Gasteiger partial charge in [-0.05, 0) is 85.3 Å². The molecule has 0 saturated carbocycles. The second-order valence-corrected chi connectivity index (χ2v) is 11.0. The lowest BCUT2D eigenvalue weighted by Gasteiger charge is -2.31. The lowest BCUT2D eigenvalue weighted by Crippen LogP contribution is -2.38. The highest BCUT2D eigenvalue weighted by Crippen LogP contribution is 2.39. The average molecular weight is 530 g/mol. The third-order valence-electron chi connectivity index (χ3n) is 8.02. The molecule has 6 heteroatoms. The Morgan fingerprint density at radius 1 is 0.900 bits per heavy atom. The number of aryl methyl sites for hydroxylation is 3. The van der Waals surface area contributed by atoms with E-state index in [2.05, 4.69) is 92.3 Å². The summed E-state index contributed by atoms with van der Waals surface area (Å²) < 4.78 is 4.20. The first-order chi connectivity index (χ1) is 19.3. The molecule has 6 rings (SSSR count). The van der Waals surface area contributed by atoms with Gasteiger partial charge in [0.25, 0.3) is 0 Å². The van der Waals surface area contributed by atoms with Gasteiger partial charge in [-0.15, -0.1) is 0 Å². The lowest BCUT2D eigenvalue weighted by atomic mass is 9.97. The van der Waals surface area contributed by atoms with Gasteiger partial charge in [0, 0.05) is 17.4 Å². The van der Waals surface area contributed by atoms with Crippen molar-refractivity contribution < 1.29 is 4.79 Å². The minimum Gasteiger partial charge on any atom is -0.308 e. The summed E-state index contributed by atoms with van der Waals surface area (Å²) in [7, 11) is 0. The summed E-state index contributed by atoms with van der Waals surface area (Å²) >= 11 is 0. The van der Waals surface area contributed by atoms with Crippen molar-refractivity contribution in [1.82, 2.24) is 19.2 Å². The van der Waals surface area contributed by atoms with Gasteiger partial charge in [0.2, 0.25) is 0 Å². The molecule has 0 bridgehead atoms. The highest BCUT2D eigenvalue weighted by molar-refractivity contribution is 5.90. The van der Waals surface area contributed by atoms with E-state index in [9.17, 15) is 4.79 Å². The minimum atomic E-state index is -0.293. The number of urea groups is 1. The van der Waals surface area contributed by atoms with Crippen LogP contribution in [0.5, 0.6) is 0 Å². The fourth-order valence-electron chi connectivity index (χ4n) is 5.58. The highest BCUT2D eigenvalue weighted by atomic mass is 16.2. The number of hydrogen-bond donors (Lipinski definition) is 1. The van der Waals surface area contributed by atoms with Gasteiger partial charge in [0.05, 0.1) is 29.7 Å². The molecule has 0 radical (unpaired) electrons. The molecule has 0 spiro atoms. The van der Waals surface area contributed by atoms with E-state index in [0.29, 0.717) is 12.5 Å². The SMILES string of the molecule is Cc1ccc(NC(=O)N2Cc3c(C)nn(-c4ccccc4)c3-n3cccc3[C@H]2c2ccc(C(C)C)cc2)cc1C. The number of amides is 2. The van der Waals surface area contributed by atoms with Gasteiger partial charge in [-0.1, -0.05) is 62.4 Å². The molecule has 2 aromatic heterocycles. The number of rotatable bonds is 4. The van der Waals surface area contributed by atoms with Gasteiger partial charge >= 0.3 is 6.03 Å². The van der Waals surface area contributed by atoms with E-state index in [4.69, 9.17) is 5.10 Å². The summed E-state index contributed by atoms with van der Waals surface area (Å²) in [6, 6.07) is 28.7. The maximum atomic E-state index is 14.2. The van der Waals surface area contributed by atoms with Gasteiger partial charge in [-0.25, -0.2) is 9.48 Å². The van der Waals surface area contributed by atoms with Crippen molar-refractivity contribution in [2.24, 2.45) is 0 Å². The van der Waals surface area contributed by atoms with Crippen LogP contribution in [0.15, 0.2) is 91.1 Å². The Kier molecular flexibility index (Phi) is 6.54. The van der Waals surface area contributed by atoms with Crippen LogP contribution in [0.3, 0.4) is 0 Å². The molecule has 0 fully saturated rings. The van der Waals surface area contributed by atoms with E-state index < -0.39 is 0 Å². The first-order valence-electron chi connectivity index (χ1n) is 13.9. The zero-order valence-electron chi connectivity index (χ0n) is 23.7. The zero-order chi connectivity index (χ0) is 28.0. The molecule has 1 aliphatic heterocycles. The van der Waals surface area contributed by atoms with Crippen LogP contribution < -0.4 is 5.32 Å². The van der Waals surface area contributed by atoms with Crippen LogP contribution in [0.2, 0.25) is 0 Å². The van der Waals surface area contributed by atoms with Gasteiger partial charge in [0.1, 0.15) is 5.82 Å². The van der Waals surface area contributed by atoms with E-state index in [1.165, 1.54) is 11.1 Å². The van der Waals surface area contributed by atoms with Crippen LogP contribution in [0, 0.1) is 20.8 Å². The van der Waals surface area contributed by atoms with Gasteiger partial charge in [0.15, 0.2) is 0 Å². The van der Waals surface area contributed by atoms with Gasteiger partial charge < -0.3 is 14.8 Å². The molecule has 5 aromatic rings. The number of nitrogens with zero attached hydrogens (tertiary/aromatic N) is 4. The van der Waals surface area contributed by atoms with Crippen molar-refractivity contribution in [3.63, 3.8) is 0 Å². The number of carbonyl (C=O) groups is 1. The first kappa shape index (κ1) is 25.7. The van der Waals surface area contributed by atoms with E-state index in [0.717, 1.165) is 45.3 Å². The van der Waals surface area contributed by atoms with Crippen molar-refractivity contribution in [3.05, 3.63) is 130 Å². The topological polar surface area (TPSA) is 55.1 Å². The van der Waals surface area contributed by atoms with Crippen molar-refractivity contribution in [3.8, 4) is 11.5 Å². The molecule has 202 valence electrons. The summed E-state index contributed by atoms with van der Waals surface area (Å²) in [5.74, 6) is 1.40. The first-order valence-corrected chi connectivity index (χ1v) is 13.9. The Morgan fingerprint density at radius 3 is 2.35 bits per heavy atom. The van der Waals surface area contributed by atoms with Crippen molar-refractivity contribution in [2.75, 3.05) is 5.32 Å². The third kappa shape index (κ3) is 4.49. The quantitative estimate of drug-likeness (QED) is 0.258. The molecule has 1 N–H and O–H groups in total. The Bertz CT molecular complexity index is 1680.